The lowest BCUT2D eigenvalue weighted by Crippen LogP contribution is -2.39. The fourth-order valence-electron chi connectivity index (χ4n) is 3.32. The van der Waals surface area contributed by atoms with Crippen LogP contribution in [0.4, 0.5) is 0 Å². The predicted molar refractivity (Wildman–Crippen MR) is 99.5 cm³/mol. The van der Waals surface area contributed by atoms with Crippen molar-refractivity contribution in [1.82, 2.24) is 24.7 Å². The fraction of sp³-hybridized carbons (Fsp3) is 0.333. The van der Waals surface area contributed by atoms with Crippen molar-refractivity contribution in [2.45, 2.75) is 25.2 Å². The molecule has 0 radical (unpaired) electrons. The first kappa shape index (κ1) is 17.2. The molecule has 134 valence electrons. The first-order chi connectivity index (χ1) is 12.6. The van der Waals surface area contributed by atoms with E-state index in [4.69, 9.17) is 23.2 Å². The molecule has 3 aromatic rings. The topological polar surface area (TPSA) is 63.4 Å². The molecule has 1 aliphatic rings. The molecule has 0 aliphatic carbocycles. The van der Waals surface area contributed by atoms with Crippen LogP contribution in [0.15, 0.2) is 36.7 Å². The molecule has 1 amide bonds. The Bertz CT molecular complexity index is 950. The Hall–Kier alpha value is -2.18. The van der Waals surface area contributed by atoms with E-state index in [1.807, 2.05) is 23.1 Å². The predicted octanol–water partition coefficient (Wildman–Crippen LogP) is 3.38. The van der Waals surface area contributed by atoms with E-state index in [-0.39, 0.29) is 5.91 Å². The summed E-state index contributed by atoms with van der Waals surface area (Å²) in [6, 6.07) is 9.26. The summed E-state index contributed by atoms with van der Waals surface area (Å²) >= 11 is 12.0. The quantitative estimate of drug-likeness (QED) is 0.688. The highest BCUT2D eigenvalue weighted by Crippen LogP contribution is 2.27. The first-order valence-corrected chi connectivity index (χ1v) is 9.24. The molecule has 0 unspecified atom stereocenters. The van der Waals surface area contributed by atoms with Crippen LogP contribution in [-0.2, 0) is 11.2 Å². The van der Waals surface area contributed by atoms with Gasteiger partial charge in [-0.05, 0) is 42.7 Å². The van der Waals surface area contributed by atoms with Crippen LogP contribution < -0.4 is 0 Å². The van der Waals surface area contributed by atoms with Gasteiger partial charge in [-0.1, -0.05) is 29.3 Å². The zero-order valence-electron chi connectivity index (χ0n) is 14.0. The number of fused-ring (bicyclic) bond motifs is 1. The van der Waals surface area contributed by atoms with Crippen molar-refractivity contribution >= 4 is 34.8 Å². The van der Waals surface area contributed by atoms with Crippen LogP contribution in [0.1, 0.15) is 30.0 Å². The third-order valence-corrected chi connectivity index (χ3v) is 5.53. The molecule has 4 rings (SSSR count). The zero-order chi connectivity index (χ0) is 18.1. The number of carbonyl (C=O) groups excluding carboxylic acids is 1. The van der Waals surface area contributed by atoms with Gasteiger partial charge in [-0.2, -0.15) is 5.10 Å². The summed E-state index contributed by atoms with van der Waals surface area (Å²) in [6.45, 7) is 1.46. The van der Waals surface area contributed by atoms with E-state index in [9.17, 15) is 4.79 Å². The van der Waals surface area contributed by atoms with Gasteiger partial charge in [0.15, 0.2) is 5.65 Å². The van der Waals surface area contributed by atoms with Crippen LogP contribution in [-0.4, -0.2) is 43.7 Å². The zero-order valence-corrected chi connectivity index (χ0v) is 15.5. The first-order valence-electron chi connectivity index (χ1n) is 8.49. The van der Waals surface area contributed by atoms with Gasteiger partial charge in [0.25, 0.3) is 0 Å². The molecule has 0 saturated carbocycles. The maximum absolute atomic E-state index is 12.6. The Balaban J connectivity index is 1.37. The van der Waals surface area contributed by atoms with Crippen LogP contribution in [0.3, 0.4) is 0 Å². The molecule has 3 heterocycles. The van der Waals surface area contributed by atoms with E-state index < -0.39 is 0 Å². The third kappa shape index (κ3) is 3.52. The molecule has 0 bridgehead atoms. The normalized spacial score (nSPS) is 15.5. The minimum atomic E-state index is 0.115. The Morgan fingerprint density at radius 3 is 2.69 bits per heavy atom. The Kier molecular flexibility index (Phi) is 4.78. The molecule has 26 heavy (non-hydrogen) atoms. The molecule has 8 heteroatoms. The number of hydrogen-bond acceptors (Lipinski definition) is 4. The molecule has 0 spiro atoms. The monoisotopic (exact) mass is 389 g/mol. The number of likely N-dealkylation sites (tertiary alicyclic amines) is 1. The molecular formula is C18H17Cl2N5O. The highest BCUT2D eigenvalue weighted by molar-refractivity contribution is 6.42. The largest absolute Gasteiger partial charge is 0.342 e. The van der Waals surface area contributed by atoms with E-state index in [2.05, 4.69) is 15.3 Å². The number of benzene rings is 1. The summed E-state index contributed by atoms with van der Waals surface area (Å²) < 4.78 is 1.69. The molecule has 1 saturated heterocycles. The SMILES string of the molecule is O=C(Cc1ccc(Cl)c(Cl)c1)N1CCC(c2ccc3nncn3n2)CC1. The number of hydrogen-bond donors (Lipinski definition) is 0. The van der Waals surface area contributed by atoms with Crippen molar-refractivity contribution in [2.75, 3.05) is 13.1 Å². The summed E-state index contributed by atoms with van der Waals surface area (Å²) in [4.78, 5) is 14.5. The molecule has 2 aromatic heterocycles. The van der Waals surface area contributed by atoms with Crippen molar-refractivity contribution < 1.29 is 4.79 Å². The summed E-state index contributed by atoms with van der Waals surface area (Å²) in [7, 11) is 0. The smallest absolute Gasteiger partial charge is 0.226 e. The van der Waals surface area contributed by atoms with Crippen molar-refractivity contribution in [3.8, 4) is 0 Å². The van der Waals surface area contributed by atoms with Crippen LogP contribution in [0.5, 0.6) is 0 Å². The second-order valence-corrected chi connectivity index (χ2v) is 7.29. The average molecular weight is 390 g/mol. The van der Waals surface area contributed by atoms with E-state index in [1.54, 1.807) is 23.0 Å². The summed E-state index contributed by atoms with van der Waals surface area (Å²) in [5.41, 5.74) is 2.64. The Morgan fingerprint density at radius 1 is 1.12 bits per heavy atom. The van der Waals surface area contributed by atoms with Crippen molar-refractivity contribution in [3.63, 3.8) is 0 Å². The van der Waals surface area contributed by atoms with Crippen molar-refractivity contribution in [3.05, 3.63) is 58.0 Å². The molecule has 0 atom stereocenters. The molecule has 1 fully saturated rings. The van der Waals surface area contributed by atoms with Gasteiger partial charge in [-0.3, -0.25) is 4.79 Å². The molecule has 6 nitrogen and oxygen atoms in total. The van der Waals surface area contributed by atoms with Crippen LogP contribution in [0, 0.1) is 0 Å². The Morgan fingerprint density at radius 2 is 1.92 bits per heavy atom. The van der Waals surface area contributed by atoms with Gasteiger partial charge in [0, 0.05) is 19.0 Å². The standard InChI is InChI=1S/C18H17Cl2N5O/c19-14-2-1-12(9-15(14)20)10-18(26)24-7-5-13(6-8-24)16-3-4-17-22-21-11-25(17)23-16/h1-4,9,11,13H,5-8,10H2. The summed E-state index contributed by atoms with van der Waals surface area (Å²) in [5.74, 6) is 0.458. The van der Waals surface area contributed by atoms with Crippen LogP contribution in [0.2, 0.25) is 10.0 Å². The van der Waals surface area contributed by atoms with E-state index in [0.717, 1.165) is 42.8 Å². The number of aromatic nitrogens is 4. The lowest BCUT2D eigenvalue weighted by Gasteiger charge is -2.31. The van der Waals surface area contributed by atoms with E-state index in [1.165, 1.54) is 0 Å². The number of halogens is 2. The summed E-state index contributed by atoms with van der Waals surface area (Å²) in [5, 5.41) is 13.4. The number of rotatable bonds is 3. The average Bonchev–Trinajstić information content (AvgIpc) is 3.12. The highest BCUT2D eigenvalue weighted by Gasteiger charge is 2.25. The highest BCUT2D eigenvalue weighted by atomic mass is 35.5. The lowest BCUT2D eigenvalue weighted by molar-refractivity contribution is -0.131. The number of carbonyl (C=O) groups is 1. The molecular weight excluding hydrogens is 373 g/mol. The number of amides is 1. The van der Waals surface area contributed by atoms with E-state index >= 15 is 0 Å². The molecule has 1 aromatic carbocycles. The van der Waals surface area contributed by atoms with Gasteiger partial charge < -0.3 is 4.90 Å². The van der Waals surface area contributed by atoms with Gasteiger partial charge in [0.1, 0.15) is 6.33 Å². The second kappa shape index (κ2) is 7.21. The van der Waals surface area contributed by atoms with E-state index in [0.29, 0.717) is 22.4 Å². The third-order valence-electron chi connectivity index (χ3n) is 4.79. The minimum Gasteiger partial charge on any atom is -0.342 e. The summed E-state index contributed by atoms with van der Waals surface area (Å²) in [6.07, 6.45) is 3.74. The van der Waals surface area contributed by atoms with Gasteiger partial charge in [0.05, 0.1) is 22.2 Å². The van der Waals surface area contributed by atoms with Crippen LogP contribution >= 0.6 is 23.2 Å². The second-order valence-electron chi connectivity index (χ2n) is 6.47. The number of nitrogens with zero attached hydrogens (tertiary/aromatic N) is 5. The van der Waals surface area contributed by atoms with Gasteiger partial charge in [-0.25, -0.2) is 4.52 Å². The molecule has 0 N–H and O–H groups in total. The lowest BCUT2D eigenvalue weighted by atomic mass is 9.93. The Labute approximate surface area is 160 Å². The van der Waals surface area contributed by atoms with Crippen molar-refractivity contribution in [1.29, 1.82) is 0 Å². The van der Waals surface area contributed by atoms with Gasteiger partial charge in [-0.15, -0.1) is 10.2 Å². The number of piperidine rings is 1. The maximum Gasteiger partial charge on any atom is 0.226 e. The van der Waals surface area contributed by atoms with Gasteiger partial charge in [0.2, 0.25) is 5.91 Å². The van der Waals surface area contributed by atoms with Crippen LogP contribution in [0.25, 0.3) is 5.65 Å². The fourth-order valence-corrected chi connectivity index (χ4v) is 3.64. The van der Waals surface area contributed by atoms with Crippen molar-refractivity contribution in [2.24, 2.45) is 0 Å². The minimum absolute atomic E-state index is 0.115. The molecule has 1 aliphatic heterocycles. The van der Waals surface area contributed by atoms with Gasteiger partial charge >= 0.3 is 0 Å². The maximum atomic E-state index is 12.6.